The summed E-state index contributed by atoms with van der Waals surface area (Å²) in [7, 11) is 0. The van der Waals surface area contributed by atoms with Gasteiger partial charge in [0.25, 0.3) is 5.91 Å². The lowest BCUT2D eigenvalue weighted by molar-refractivity contribution is -0.123. The molecule has 0 bridgehead atoms. The second kappa shape index (κ2) is 8.45. The van der Waals surface area contributed by atoms with Crippen molar-refractivity contribution in [3.05, 3.63) is 35.9 Å². The van der Waals surface area contributed by atoms with E-state index in [4.69, 9.17) is 0 Å². The molecule has 0 fully saturated rings. The molecule has 2 N–H and O–H groups in total. The minimum atomic E-state index is -0.509. The van der Waals surface area contributed by atoms with E-state index >= 15 is 0 Å². The highest BCUT2D eigenvalue weighted by molar-refractivity contribution is 5.97. The Morgan fingerprint density at radius 2 is 1.67 bits per heavy atom. The highest BCUT2D eigenvalue weighted by Gasteiger charge is 2.24. The van der Waals surface area contributed by atoms with E-state index in [0.29, 0.717) is 18.0 Å². The van der Waals surface area contributed by atoms with Crippen molar-refractivity contribution in [2.75, 3.05) is 6.54 Å². The number of nitrogens with one attached hydrogen (secondary N) is 2. The summed E-state index contributed by atoms with van der Waals surface area (Å²) in [6, 6.07) is 8.44. The first-order chi connectivity index (χ1) is 9.91. The topological polar surface area (TPSA) is 58.2 Å². The van der Waals surface area contributed by atoms with E-state index in [-0.39, 0.29) is 17.7 Å². The first-order valence-corrected chi connectivity index (χ1v) is 7.55. The number of hydrogen-bond acceptors (Lipinski definition) is 2. The van der Waals surface area contributed by atoms with Gasteiger partial charge in [0.2, 0.25) is 5.91 Å². The monoisotopic (exact) mass is 290 g/mol. The van der Waals surface area contributed by atoms with Gasteiger partial charge in [-0.3, -0.25) is 9.59 Å². The molecule has 4 nitrogen and oxygen atoms in total. The van der Waals surface area contributed by atoms with Crippen LogP contribution >= 0.6 is 0 Å². The second-order valence-corrected chi connectivity index (χ2v) is 6.03. The van der Waals surface area contributed by atoms with Gasteiger partial charge in [0.15, 0.2) is 0 Å². The lowest BCUT2D eigenvalue weighted by Crippen LogP contribution is -2.50. The molecule has 0 aliphatic rings. The lowest BCUT2D eigenvalue weighted by Gasteiger charge is -2.22. The van der Waals surface area contributed by atoms with Crippen molar-refractivity contribution in [2.45, 2.75) is 40.2 Å². The molecule has 0 saturated heterocycles. The van der Waals surface area contributed by atoms with Crippen LogP contribution in [-0.2, 0) is 4.79 Å². The summed E-state index contributed by atoms with van der Waals surface area (Å²) in [4.78, 5) is 24.4. The fraction of sp³-hybridized carbons (Fsp3) is 0.529. The number of benzene rings is 1. The van der Waals surface area contributed by atoms with Gasteiger partial charge in [-0.25, -0.2) is 0 Å². The molecule has 4 heteroatoms. The molecule has 0 spiro atoms. The van der Waals surface area contributed by atoms with Crippen LogP contribution < -0.4 is 10.6 Å². The summed E-state index contributed by atoms with van der Waals surface area (Å²) in [6.45, 7) is 8.73. The Hall–Kier alpha value is -1.84. The average Bonchev–Trinajstić information content (AvgIpc) is 2.44. The van der Waals surface area contributed by atoms with Crippen molar-refractivity contribution in [3.63, 3.8) is 0 Å². The molecule has 1 aromatic rings. The van der Waals surface area contributed by atoms with E-state index in [1.165, 1.54) is 0 Å². The summed E-state index contributed by atoms with van der Waals surface area (Å²) < 4.78 is 0. The number of hydrogen-bond donors (Lipinski definition) is 2. The van der Waals surface area contributed by atoms with Crippen LogP contribution in [0.4, 0.5) is 0 Å². The predicted octanol–water partition coefficient (Wildman–Crippen LogP) is 2.60. The fourth-order valence-corrected chi connectivity index (χ4v) is 1.94. The Balaban J connectivity index is 2.61. The number of carbonyl (C=O) groups excluding carboxylic acids is 2. The lowest BCUT2D eigenvalue weighted by atomic mass is 10.0. The maximum Gasteiger partial charge on any atom is 0.251 e. The van der Waals surface area contributed by atoms with E-state index < -0.39 is 6.04 Å². The molecule has 1 atom stereocenters. The van der Waals surface area contributed by atoms with Crippen LogP contribution in [0.2, 0.25) is 0 Å². The van der Waals surface area contributed by atoms with Crippen molar-refractivity contribution in [1.29, 1.82) is 0 Å². The Labute approximate surface area is 127 Å². The van der Waals surface area contributed by atoms with Gasteiger partial charge >= 0.3 is 0 Å². The molecular formula is C17H26N2O2. The molecule has 0 saturated carbocycles. The molecule has 1 aromatic carbocycles. The van der Waals surface area contributed by atoms with Crippen LogP contribution in [0.5, 0.6) is 0 Å². The highest BCUT2D eigenvalue weighted by Crippen LogP contribution is 2.06. The van der Waals surface area contributed by atoms with E-state index in [1.54, 1.807) is 12.1 Å². The van der Waals surface area contributed by atoms with Crippen molar-refractivity contribution in [1.82, 2.24) is 10.6 Å². The van der Waals surface area contributed by atoms with Crippen molar-refractivity contribution in [2.24, 2.45) is 11.8 Å². The molecule has 2 amide bonds. The third kappa shape index (κ3) is 5.98. The van der Waals surface area contributed by atoms with Crippen molar-refractivity contribution < 1.29 is 9.59 Å². The fourth-order valence-electron chi connectivity index (χ4n) is 1.94. The number of carbonyl (C=O) groups is 2. The molecule has 0 heterocycles. The molecule has 0 aliphatic heterocycles. The highest BCUT2D eigenvalue weighted by atomic mass is 16.2. The van der Waals surface area contributed by atoms with E-state index in [9.17, 15) is 9.59 Å². The summed E-state index contributed by atoms with van der Waals surface area (Å²) in [5, 5.41) is 5.72. The molecule has 0 radical (unpaired) electrons. The Bertz CT molecular complexity index is 455. The summed E-state index contributed by atoms with van der Waals surface area (Å²) in [5.41, 5.74) is 0.568. The molecule has 1 unspecified atom stereocenters. The first kappa shape index (κ1) is 17.2. The Morgan fingerprint density at radius 3 is 2.19 bits per heavy atom. The summed E-state index contributed by atoms with van der Waals surface area (Å²) >= 11 is 0. The maximum atomic E-state index is 12.2. The molecular weight excluding hydrogens is 264 g/mol. The van der Waals surface area contributed by atoms with E-state index in [1.807, 2.05) is 32.0 Å². The number of rotatable bonds is 7. The zero-order valence-electron chi connectivity index (χ0n) is 13.3. The third-order valence-electron chi connectivity index (χ3n) is 3.29. The van der Waals surface area contributed by atoms with Gasteiger partial charge < -0.3 is 10.6 Å². The molecule has 1 rings (SSSR count). The molecule has 21 heavy (non-hydrogen) atoms. The minimum Gasteiger partial charge on any atom is -0.354 e. The summed E-state index contributed by atoms with van der Waals surface area (Å²) in [6.07, 6.45) is 0.934. The van der Waals surface area contributed by atoms with Crippen LogP contribution in [0.1, 0.15) is 44.5 Å². The van der Waals surface area contributed by atoms with Gasteiger partial charge in [-0.2, -0.15) is 0 Å². The molecule has 0 aromatic heterocycles. The normalized spacial score (nSPS) is 12.3. The van der Waals surface area contributed by atoms with Crippen LogP contribution in [0.3, 0.4) is 0 Å². The van der Waals surface area contributed by atoms with Crippen LogP contribution in [0.15, 0.2) is 30.3 Å². The van der Waals surface area contributed by atoms with Gasteiger partial charge in [0.1, 0.15) is 6.04 Å². The number of amides is 2. The van der Waals surface area contributed by atoms with Crippen LogP contribution in [-0.4, -0.2) is 24.4 Å². The Kier molecular flexibility index (Phi) is 6.92. The average molecular weight is 290 g/mol. The standard InChI is InChI=1S/C17H26N2O2/c1-12(2)10-11-18-17(21)15(13(3)4)19-16(20)14-8-6-5-7-9-14/h5-9,12-13,15H,10-11H2,1-4H3,(H,18,21)(H,19,20). The van der Waals surface area contributed by atoms with Gasteiger partial charge in [-0.05, 0) is 30.4 Å². The van der Waals surface area contributed by atoms with E-state index in [0.717, 1.165) is 6.42 Å². The maximum absolute atomic E-state index is 12.2. The third-order valence-corrected chi connectivity index (χ3v) is 3.29. The largest absolute Gasteiger partial charge is 0.354 e. The zero-order valence-corrected chi connectivity index (χ0v) is 13.3. The minimum absolute atomic E-state index is 0.0386. The predicted molar refractivity (Wildman–Crippen MR) is 85.0 cm³/mol. The second-order valence-electron chi connectivity index (χ2n) is 6.03. The van der Waals surface area contributed by atoms with Crippen molar-refractivity contribution in [3.8, 4) is 0 Å². The van der Waals surface area contributed by atoms with Crippen molar-refractivity contribution >= 4 is 11.8 Å². The van der Waals surface area contributed by atoms with Gasteiger partial charge in [-0.15, -0.1) is 0 Å². The van der Waals surface area contributed by atoms with Gasteiger partial charge in [0, 0.05) is 12.1 Å². The van der Waals surface area contributed by atoms with Gasteiger partial charge in [-0.1, -0.05) is 45.9 Å². The van der Waals surface area contributed by atoms with Crippen LogP contribution in [0, 0.1) is 11.8 Å². The molecule has 0 aliphatic carbocycles. The van der Waals surface area contributed by atoms with E-state index in [2.05, 4.69) is 24.5 Å². The quantitative estimate of drug-likeness (QED) is 0.811. The molecule has 116 valence electrons. The van der Waals surface area contributed by atoms with Crippen LogP contribution in [0.25, 0.3) is 0 Å². The smallest absolute Gasteiger partial charge is 0.251 e. The summed E-state index contributed by atoms with van der Waals surface area (Å²) in [5.74, 6) is 0.252. The Morgan fingerprint density at radius 1 is 1.05 bits per heavy atom. The zero-order chi connectivity index (χ0) is 15.8. The SMILES string of the molecule is CC(C)CCNC(=O)C(NC(=O)c1ccccc1)C(C)C. The first-order valence-electron chi connectivity index (χ1n) is 7.55. The van der Waals surface area contributed by atoms with Gasteiger partial charge in [0.05, 0.1) is 0 Å².